The van der Waals surface area contributed by atoms with E-state index in [0.717, 1.165) is 5.56 Å². The van der Waals surface area contributed by atoms with Crippen molar-refractivity contribution in [1.29, 1.82) is 0 Å². The highest BCUT2D eigenvalue weighted by Crippen LogP contribution is 2.09. The predicted molar refractivity (Wildman–Crippen MR) is 118 cm³/mol. The first-order valence-electron chi connectivity index (χ1n) is 10.1. The van der Waals surface area contributed by atoms with Crippen LogP contribution in [0.4, 0.5) is 4.39 Å². The Labute approximate surface area is 185 Å². The van der Waals surface area contributed by atoms with Gasteiger partial charge >= 0.3 is 5.97 Å². The van der Waals surface area contributed by atoms with Crippen LogP contribution in [0.25, 0.3) is 0 Å². The van der Waals surface area contributed by atoms with Gasteiger partial charge in [0, 0.05) is 18.4 Å². The minimum atomic E-state index is -1.18. The van der Waals surface area contributed by atoms with Crippen molar-refractivity contribution in [3.63, 3.8) is 0 Å². The van der Waals surface area contributed by atoms with E-state index in [2.05, 4.69) is 10.6 Å². The zero-order valence-electron chi connectivity index (χ0n) is 17.2. The van der Waals surface area contributed by atoms with E-state index >= 15 is 0 Å². The van der Waals surface area contributed by atoms with Crippen LogP contribution in [0.1, 0.15) is 21.5 Å². The first kappa shape index (κ1) is 22.7. The molecule has 0 saturated heterocycles. The lowest BCUT2D eigenvalue weighted by atomic mass is 10.0. The Balaban J connectivity index is 1.78. The van der Waals surface area contributed by atoms with Crippen LogP contribution in [-0.2, 0) is 22.4 Å². The highest BCUT2D eigenvalue weighted by atomic mass is 19.1. The van der Waals surface area contributed by atoms with Crippen LogP contribution in [0.2, 0.25) is 0 Å². The maximum atomic E-state index is 13.3. The largest absolute Gasteiger partial charge is 0.480 e. The van der Waals surface area contributed by atoms with Crippen molar-refractivity contribution in [3.8, 4) is 0 Å². The lowest BCUT2D eigenvalue weighted by Crippen LogP contribution is -2.53. The average molecular weight is 434 g/mol. The summed E-state index contributed by atoms with van der Waals surface area (Å²) in [6.07, 6.45) is 0.167. The third-order valence-electron chi connectivity index (χ3n) is 4.91. The molecular formula is C25H23FN2O4. The van der Waals surface area contributed by atoms with Gasteiger partial charge in [-0.1, -0.05) is 60.7 Å². The number of halogens is 1. The van der Waals surface area contributed by atoms with E-state index in [0.29, 0.717) is 11.1 Å². The van der Waals surface area contributed by atoms with Gasteiger partial charge in [-0.15, -0.1) is 0 Å². The summed E-state index contributed by atoms with van der Waals surface area (Å²) >= 11 is 0. The molecule has 0 spiro atoms. The minimum absolute atomic E-state index is 0.0718. The van der Waals surface area contributed by atoms with Gasteiger partial charge in [-0.2, -0.15) is 0 Å². The summed E-state index contributed by atoms with van der Waals surface area (Å²) in [4.78, 5) is 37.4. The van der Waals surface area contributed by atoms with Crippen LogP contribution in [-0.4, -0.2) is 35.0 Å². The van der Waals surface area contributed by atoms with Crippen molar-refractivity contribution in [2.45, 2.75) is 24.9 Å². The van der Waals surface area contributed by atoms with Crippen molar-refractivity contribution < 1.29 is 23.9 Å². The predicted octanol–water partition coefficient (Wildman–Crippen LogP) is 2.98. The fourth-order valence-electron chi connectivity index (χ4n) is 3.22. The molecule has 2 atom stereocenters. The number of hydrogen-bond acceptors (Lipinski definition) is 3. The molecule has 0 saturated carbocycles. The van der Waals surface area contributed by atoms with Gasteiger partial charge in [0.2, 0.25) is 5.91 Å². The molecule has 2 amide bonds. The zero-order valence-corrected chi connectivity index (χ0v) is 17.2. The van der Waals surface area contributed by atoms with Crippen molar-refractivity contribution in [1.82, 2.24) is 10.6 Å². The number of carboxylic acids is 1. The Morgan fingerprint density at radius 3 is 1.84 bits per heavy atom. The lowest BCUT2D eigenvalue weighted by Gasteiger charge is -2.22. The smallest absolute Gasteiger partial charge is 0.326 e. The van der Waals surface area contributed by atoms with Crippen LogP contribution in [0.3, 0.4) is 0 Å². The van der Waals surface area contributed by atoms with Gasteiger partial charge < -0.3 is 15.7 Å². The number of aliphatic carboxylic acids is 1. The molecular weight excluding hydrogens is 411 g/mol. The maximum Gasteiger partial charge on any atom is 0.326 e. The molecule has 0 radical (unpaired) electrons. The number of amides is 2. The molecule has 0 unspecified atom stereocenters. The Bertz CT molecular complexity index is 1060. The molecule has 0 fully saturated rings. The molecule has 3 rings (SSSR count). The van der Waals surface area contributed by atoms with E-state index in [1.165, 1.54) is 24.3 Å². The first-order valence-corrected chi connectivity index (χ1v) is 10.1. The quantitative estimate of drug-likeness (QED) is 0.483. The van der Waals surface area contributed by atoms with Gasteiger partial charge in [0.05, 0.1) is 0 Å². The van der Waals surface area contributed by atoms with E-state index < -0.39 is 35.7 Å². The molecule has 3 aromatic carbocycles. The van der Waals surface area contributed by atoms with E-state index in [9.17, 15) is 23.9 Å². The molecule has 0 aliphatic rings. The Hall–Kier alpha value is -4.00. The van der Waals surface area contributed by atoms with Crippen molar-refractivity contribution in [2.24, 2.45) is 0 Å². The van der Waals surface area contributed by atoms with Crippen molar-refractivity contribution in [2.75, 3.05) is 0 Å². The van der Waals surface area contributed by atoms with Gasteiger partial charge in [-0.3, -0.25) is 9.59 Å². The van der Waals surface area contributed by atoms with Gasteiger partial charge in [-0.05, 0) is 35.4 Å². The third-order valence-corrected chi connectivity index (χ3v) is 4.91. The monoisotopic (exact) mass is 434 g/mol. The van der Waals surface area contributed by atoms with Gasteiger partial charge in [-0.25, -0.2) is 9.18 Å². The summed E-state index contributed by atoms with van der Waals surface area (Å²) in [5.41, 5.74) is 1.74. The minimum Gasteiger partial charge on any atom is -0.480 e. The summed E-state index contributed by atoms with van der Waals surface area (Å²) in [5, 5.41) is 14.8. The lowest BCUT2D eigenvalue weighted by molar-refractivity contribution is -0.142. The number of carbonyl (C=O) groups excluding carboxylic acids is 2. The third kappa shape index (κ3) is 6.50. The molecule has 0 bridgehead atoms. The van der Waals surface area contributed by atoms with E-state index in [4.69, 9.17) is 0 Å². The number of nitrogens with one attached hydrogen (secondary N) is 2. The topological polar surface area (TPSA) is 95.5 Å². The van der Waals surface area contributed by atoms with Gasteiger partial charge in [0.15, 0.2) is 0 Å². The molecule has 7 heteroatoms. The van der Waals surface area contributed by atoms with Crippen LogP contribution in [0.5, 0.6) is 0 Å². The standard InChI is InChI=1S/C25H23FN2O4/c26-20-13-11-18(12-14-20)15-21(27-23(29)19-9-5-2-6-10-19)24(30)28-22(25(31)32)16-17-7-3-1-4-8-17/h1-14,21-22H,15-16H2,(H,27,29)(H,28,30)(H,31,32)/t21-,22+/m0/s1. The highest BCUT2D eigenvalue weighted by Gasteiger charge is 2.27. The first-order chi connectivity index (χ1) is 15.4. The number of hydrogen-bond donors (Lipinski definition) is 3. The zero-order chi connectivity index (χ0) is 22.9. The second kappa shape index (κ2) is 10.9. The fraction of sp³-hybridized carbons (Fsp3) is 0.160. The number of benzene rings is 3. The fourth-order valence-corrected chi connectivity index (χ4v) is 3.22. The SMILES string of the molecule is O=C(N[C@@H](Cc1ccc(F)cc1)C(=O)N[C@H](Cc1ccccc1)C(=O)O)c1ccccc1. The number of carbonyl (C=O) groups is 3. The van der Waals surface area contributed by atoms with Gasteiger partial charge in [0.1, 0.15) is 17.9 Å². The molecule has 3 aromatic rings. The van der Waals surface area contributed by atoms with Crippen LogP contribution < -0.4 is 10.6 Å². The Kier molecular flexibility index (Phi) is 7.70. The van der Waals surface area contributed by atoms with Crippen LogP contribution in [0, 0.1) is 5.82 Å². The molecule has 0 heterocycles. The molecule has 0 aromatic heterocycles. The Morgan fingerprint density at radius 2 is 1.25 bits per heavy atom. The average Bonchev–Trinajstić information content (AvgIpc) is 2.80. The highest BCUT2D eigenvalue weighted by molar-refractivity contribution is 5.98. The van der Waals surface area contributed by atoms with E-state index in [1.807, 2.05) is 6.07 Å². The van der Waals surface area contributed by atoms with E-state index in [-0.39, 0.29) is 12.8 Å². The summed E-state index contributed by atoms with van der Waals surface area (Å²) in [7, 11) is 0. The van der Waals surface area contributed by atoms with Crippen molar-refractivity contribution in [3.05, 3.63) is 107 Å². The van der Waals surface area contributed by atoms with E-state index in [1.54, 1.807) is 54.6 Å². The molecule has 0 aliphatic heterocycles. The maximum absolute atomic E-state index is 13.3. The number of rotatable bonds is 9. The second-order valence-corrected chi connectivity index (χ2v) is 7.31. The molecule has 6 nitrogen and oxygen atoms in total. The summed E-state index contributed by atoms with van der Waals surface area (Å²) in [5.74, 6) is -2.71. The summed E-state index contributed by atoms with van der Waals surface area (Å²) in [6, 6.07) is 20.6. The molecule has 164 valence electrons. The van der Waals surface area contributed by atoms with Crippen LogP contribution >= 0.6 is 0 Å². The normalized spacial score (nSPS) is 12.4. The molecule has 0 aliphatic carbocycles. The van der Waals surface area contributed by atoms with Crippen molar-refractivity contribution >= 4 is 17.8 Å². The summed E-state index contributed by atoms with van der Waals surface area (Å²) < 4.78 is 13.3. The number of carboxylic acid groups (broad SMARTS) is 1. The molecule has 3 N–H and O–H groups in total. The van der Waals surface area contributed by atoms with Gasteiger partial charge in [0.25, 0.3) is 5.91 Å². The summed E-state index contributed by atoms with van der Waals surface area (Å²) in [6.45, 7) is 0. The molecule has 32 heavy (non-hydrogen) atoms. The second-order valence-electron chi connectivity index (χ2n) is 7.31. The van der Waals surface area contributed by atoms with Crippen LogP contribution in [0.15, 0.2) is 84.9 Å². The Morgan fingerprint density at radius 1 is 0.719 bits per heavy atom.